The maximum Gasteiger partial charge on any atom is 0.194 e. The summed E-state index contributed by atoms with van der Waals surface area (Å²) >= 11 is 0. The van der Waals surface area contributed by atoms with E-state index in [1.54, 1.807) is 6.26 Å². The molecule has 6 heteroatoms. The Morgan fingerprint density at radius 2 is 2.17 bits per heavy atom. The van der Waals surface area contributed by atoms with Gasteiger partial charge in [0.1, 0.15) is 12.0 Å². The lowest BCUT2D eigenvalue weighted by molar-refractivity contribution is 0.411. The third kappa shape index (κ3) is 4.70. The van der Waals surface area contributed by atoms with Crippen LogP contribution in [0.5, 0.6) is 0 Å². The number of hydrogen-bond acceptors (Lipinski definition) is 3. The van der Waals surface area contributed by atoms with Crippen LogP contribution in [0.1, 0.15) is 30.5 Å². The van der Waals surface area contributed by atoms with Crippen molar-refractivity contribution in [3.05, 3.63) is 53.9 Å². The van der Waals surface area contributed by atoms with Gasteiger partial charge in [0.15, 0.2) is 5.96 Å². The fraction of sp³-hybridized carbons (Fsp3) is 0.412. The molecule has 1 unspecified atom stereocenters. The second-order valence-corrected chi connectivity index (χ2v) is 5.50. The number of benzene rings is 1. The SMILES string of the molecule is CCNC(=NCc1ccon1)N1CCC(c2ccccc2)C1.I. The van der Waals surface area contributed by atoms with E-state index in [1.165, 1.54) is 12.0 Å². The van der Waals surface area contributed by atoms with Crippen molar-refractivity contribution in [3.63, 3.8) is 0 Å². The second kappa shape index (κ2) is 8.90. The average Bonchev–Trinajstić information content (AvgIpc) is 3.24. The summed E-state index contributed by atoms with van der Waals surface area (Å²) in [6.07, 6.45) is 2.75. The highest BCUT2D eigenvalue weighted by Crippen LogP contribution is 2.26. The van der Waals surface area contributed by atoms with Gasteiger partial charge in [-0.15, -0.1) is 24.0 Å². The topological polar surface area (TPSA) is 53.7 Å². The monoisotopic (exact) mass is 426 g/mol. The molecule has 23 heavy (non-hydrogen) atoms. The van der Waals surface area contributed by atoms with Crippen molar-refractivity contribution < 1.29 is 4.52 Å². The third-order valence-electron chi connectivity index (χ3n) is 3.98. The molecule has 2 heterocycles. The number of aromatic nitrogens is 1. The molecule has 1 saturated heterocycles. The van der Waals surface area contributed by atoms with Crippen molar-refractivity contribution in [1.82, 2.24) is 15.4 Å². The third-order valence-corrected chi connectivity index (χ3v) is 3.98. The Hall–Kier alpha value is -1.57. The summed E-state index contributed by atoms with van der Waals surface area (Å²) in [6, 6.07) is 12.6. The van der Waals surface area contributed by atoms with Gasteiger partial charge in [0.05, 0.1) is 6.54 Å². The highest BCUT2D eigenvalue weighted by atomic mass is 127. The van der Waals surface area contributed by atoms with Gasteiger partial charge in [-0.3, -0.25) is 0 Å². The molecule has 0 bridgehead atoms. The van der Waals surface area contributed by atoms with E-state index >= 15 is 0 Å². The van der Waals surface area contributed by atoms with Crippen molar-refractivity contribution in [1.29, 1.82) is 0 Å². The maximum absolute atomic E-state index is 4.85. The summed E-state index contributed by atoms with van der Waals surface area (Å²) in [6.45, 7) is 5.55. The van der Waals surface area contributed by atoms with Crippen LogP contribution >= 0.6 is 24.0 Å². The van der Waals surface area contributed by atoms with Crippen molar-refractivity contribution in [2.45, 2.75) is 25.8 Å². The standard InChI is InChI=1S/C17H22N4O.HI/c1-2-18-17(19-12-16-9-11-22-20-16)21-10-8-15(13-21)14-6-4-3-5-7-14;/h3-7,9,11,15H,2,8,10,12-13H2,1H3,(H,18,19);1H. The number of nitrogens with one attached hydrogen (secondary N) is 1. The zero-order valence-corrected chi connectivity index (χ0v) is 15.6. The van der Waals surface area contributed by atoms with E-state index in [4.69, 9.17) is 4.52 Å². The Kier molecular flexibility index (Phi) is 6.88. The van der Waals surface area contributed by atoms with Gasteiger partial charge in [-0.25, -0.2) is 4.99 Å². The molecule has 3 rings (SSSR count). The molecule has 5 nitrogen and oxygen atoms in total. The Balaban J connectivity index is 0.00000192. The van der Waals surface area contributed by atoms with E-state index < -0.39 is 0 Å². The molecule has 1 aliphatic rings. The highest BCUT2D eigenvalue weighted by molar-refractivity contribution is 14.0. The number of nitrogens with zero attached hydrogens (tertiary/aromatic N) is 3. The Bertz CT molecular complexity index is 600. The molecule has 1 fully saturated rings. The minimum atomic E-state index is 0. The minimum absolute atomic E-state index is 0. The van der Waals surface area contributed by atoms with E-state index in [-0.39, 0.29) is 24.0 Å². The summed E-state index contributed by atoms with van der Waals surface area (Å²) in [5, 5.41) is 7.29. The van der Waals surface area contributed by atoms with Crippen LogP contribution in [-0.2, 0) is 6.54 Å². The molecule has 1 aromatic carbocycles. The van der Waals surface area contributed by atoms with Gasteiger partial charge in [0.25, 0.3) is 0 Å². The largest absolute Gasteiger partial charge is 0.364 e. The molecule has 1 aliphatic heterocycles. The zero-order valence-electron chi connectivity index (χ0n) is 13.3. The Labute approximate surface area is 154 Å². The zero-order chi connectivity index (χ0) is 15.2. The summed E-state index contributed by atoms with van der Waals surface area (Å²) in [5.74, 6) is 1.54. The van der Waals surface area contributed by atoms with Gasteiger partial charge in [-0.2, -0.15) is 0 Å². The lowest BCUT2D eigenvalue weighted by atomic mass is 9.99. The van der Waals surface area contributed by atoms with Crippen LogP contribution in [-0.4, -0.2) is 35.7 Å². The smallest absolute Gasteiger partial charge is 0.194 e. The molecule has 0 radical (unpaired) electrons. The van der Waals surface area contributed by atoms with E-state index in [1.807, 2.05) is 6.07 Å². The quantitative estimate of drug-likeness (QED) is 0.464. The fourth-order valence-electron chi connectivity index (χ4n) is 2.85. The van der Waals surface area contributed by atoms with E-state index in [0.717, 1.165) is 31.3 Å². The highest BCUT2D eigenvalue weighted by Gasteiger charge is 2.25. The van der Waals surface area contributed by atoms with E-state index in [2.05, 4.69) is 57.6 Å². The van der Waals surface area contributed by atoms with Crippen LogP contribution in [0.25, 0.3) is 0 Å². The number of hydrogen-bond donors (Lipinski definition) is 1. The van der Waals surface area contributed by atoms with Crippen LogP contribution in [0.3, 0.4) is 0 Å². The van der Waals surface area contributed by atoms with Crippen molar-refractivity contribution in [3.8, 4) is 0 Å². The second-order valence-electron chi connectivity index (χ2n) is 5.50. The first kappa shape index (κ1) is 17.8. The van der Waals surface area contributed by atoms with Gasteiger partial charge < -0.3 is 14.7 Å². The summed E-state index contributed by atoms with van der Waals surface area (Å²) in [5.41, 5.74) is 2.27. The van der Waals surface area contributed by atoms with Crippen LogP contribution in [0, 0.1) is 0 Å². The molecular formula is C17H23IN4O. The number of aliphatic imine (C=N–C) groups is 1. The van der Waals surface area contributed by atoms with Gasteiger partial charge in [-0.1, -0.05) is 35.5 Å². The predicted molar refractivity (Wildman–Crippen MR) is 102 cm³/mol. The first-order valence-corrected chi connectivity index (χ1v) is 7.84. The van der Waals surface area contributed by atoms with Crippen LogP contribution in [0.2, 0.25) is 0 Å². The molecule has 0 saturated carbocycles. The first-order chi connectivity index (χ1) is 10.9. The van der Waals surface area contributed by atoms with Crippen LogP contribution in [0.15, 0.2) is 52.2 Å². The number of guanidine groups is 1. The molecular weight excluding hydrogens is 403 g/mol. The van der Waals surface area contributed by atoms with Crippen molar-refractivity contribution in [2.75, 3.05) is 19.6 Å². The minimum Gasteiger partial charge on any atom is -0.364 e. The maximum atomic E-state index is 4.85. The molecule has 0 spiro atoms. The normalized spacial score (nSPS) is 17.9. The molecule has 2 aromatic rings. The number of likely N-dealkylation sites (tertiary alicyclic amines) is 1. The van der Waals surface area contributed by atoms with E-state index in [9.17, 15) is 0 Å². The van der Waals surface area contributed by atoms with Gasteiger partial charge >= 0.3 is 0 Å². The van der Waals surface area contributed by atoms with Crippen molar-refractivity contribution >= 4 is 29.9 Å². The Morgan fingerprint density at radius 1 is 1.35 bits per heavy atom. The first-order valence-electron chi connectivity index (χ1n) is 7.84. The van der Waals surface area contributed by atoms with Gasteiger partial charge in [0.2, 0.25) is 0 Å². The summed E-state index contributed by atoms with van der Waals surface area (Å²) in [7, 11) is 0. The molecule has 1 atom stereocenters. The number of rotatable bonds is 4. The van der Waals surface area contributed by atoms with Gasteiger partial charge in [0, 0.05) is 31.6 Å². The molecule has 124 valence electrons. The number of halogens is 1. The van der Waals surface area contributed by atoms with E-state index in [0.29, 0.717) is 12.5 Å². The average molecular weight is 426 g/mol. The van der Waals surface area contributed by atoms with Gasteiger partial charge in [-0.05, 0) is 18.9 Å². The van der Waals surface area contributed by atoms with Crippen LogP contribution in [0.4, 0.5) is 0 Å². The summed E-state index contributed by atoms with van der Waals surface area (Å²) in [4.78, 5) is 7.01. The Morgan fingerprint density at radius 3 is 2.87 bits per heavy atom. The lowest BCUT2D eigenvalue weighted by Crippen LogP contribution is -2.40. The van der Waals surface area contributed by atoms with Crippen molar-refractivity contribution in [2.24, 2.45) is 4.99 Å². The predicted octanol–water partition coefficient (Wildman–Crippen LogP) is 3.25. The molecule has 1 N–H and O–H groups in total. The summed E-state index contributed by atoms with van der Waals surface area (Å²) < 4.78 is 4.85. The molecule has 1 aromatic heterocycles. The fourth-order valence-corrected chi connectivity index (χ4v) is 2.85. The molecule has 0 aliphatic carbocycles. The van der Waals surface area contributed by atoms with Crippen LogP contribution < -0.4 is 5.32 Å². The molecule has 0 amide bonds. The lowest BCUT2D eigenvalue weighted by Gasteiger charge is -2.21.